The lowest BCUT2D eigenvalue weighted by Gasteiger charge is -2.20. The van der Waals surface area contributed by atoms with Crippen molar-refractivity contribution in [2.75, 3.05) is 0 Å². The van der Waals surface area contributed by atoms with E-state index in [9.17, 15) is 0 Å². The van der Waals surface area contributed by atoms with Crippen LogP contribution in [0.3, 0.4) is 0 Å². The van der Waals surface area contributed by atoms with Gasteiger partial charge in [-0.2, -0.15) is 4.98 Å². The molecular weight excluding hydrogens is 530 g/mol. The minimum Gasteiger partial charge on any atom is -0.456 e. The highest BCUT2D eigenvalue weighted by Crippen LogP contribution is 2.45. The Morgan fingerprint density at radius 1 is 0.558 bits per heavy atom. The van der Waals surface area contributed by atoms with Crippen LogP contribution in [0.25, 0.3) is 82.7 Å². The Morgan fingerprint density at radius 3 is 2.23 bits per heavy atom. The lowest BCUT2D eigenvalue weighted by atomic mass is 9.97. The number of hydrogen-bond donors (Lipinski definition) is 0. The van der Waals surface area contributed by atoms with Gasteiger partial charge in [0.2, 0.25) is 11.8 Å². The van der Waals surface area contributed by atoms with Gasteiger partial charge in [-0.3, -0.25) is 4.57 Å². The predicted octanol–water partition coefficient (Wildman–Crippen LogP) is 10.1. The van der Waals surface area contributed by atoms with Gasteiger partial charge in [-0.05, 0) is 59.0 Å². The number of aromatic nitrogens is 3. The number of rotatable bonds is 2. The Balaban J connectivity index is 1.16. The average molecular weight is 552 g/mol. The highest BCUT2D eigenvalue weighted by molar-refractivity contribution is 6.11. The average Bonchev–Trinajstić information content (AvgIpc) is 3.60. The summed E-state index contributed by atoms with van der Waals surface area (Å²) in [6, 6.07) is 42.1. The van der Waals surface area contributed by atoms with Gasteiger partial charge in [0.25, 0.3) is 0 Å². The van der Waals surface area contributed by atoms with Crippen molar-refractivity contribution in [1.82, 2.24) is 14.5 Å². The minimum absolute atomic E-state index is 0.569. The van der Waals surface area contributed by atoms with Crippen LogP contribution in [0.15, 0.2) is 132 Å². The summed E-state index contributed by atoms with van der Waals surface area (Å²) in [5.41, 5.74) is 8.16. The molecule has 9 aromatic rings. The lowest BCUT2D eigenvalue weighted by molar-refractivity contribution is 0.465. The van der Waals surface area contributed by atoms with E-state index in [0.29, 0.717) is 11.8 Å². The molecule has 43 heavy (non-hydrogen) atoms. The molecule has 0 saturated carbocycles. The molecule has 4 heterocycles. The van der Waals surface area contributed by atoms with Gasteiger partial charge in [-0.1, -0.05) is 78.9 Å². The number of para-hydroxylation sites is 2. The van der Waals surface area contributed by atoms with E-state index in [-0.39, 0.29) is 0 Å². The fraction of sp³-hybridized carbons (Fsp3) is 0. The summed E-state index contributed by atoms with van der Waals surface area (Å²) in [5.74, 6) is 1.97. The lowest BCUT2D eigenvalue weighted by Crippen LogP contribution is -2.06. The van der Waals surface area contributed by atoms with Gasteiger partial charge in [0.15, 0.2) is 0 Å². The first-order valence-corrected chi connectivity index (χ1v) is 14.3. The van der Waals surface area contributed by atoms with Crippen molar-refractivity contribution in [2.24, 2.45) is 0 Å². The maximum Gasteiger partial charge on any atom is 0.237 e. The molecule has 10 rings (SSSR count). The Bertz CT molecular complexity index is 2600. The molecule has 0 saturated heterocycles. The standard InChI is InChI=1S/C38H21N3O2/c1-3-12-31-25(9-1)28-19-23(24-16-18-34-29(20-24)26-10-2-4-13-33(26)42-34)15-17-32(28)41(31)38-39-21-30-27-11-5-7-22-8-6-14-35(36(22)27)43-37(30)40-38/h1-21H. The van der Waals surface area contributed by atoms with E-state index in [1.807, 2.05) is 30.5 Å². The molecule has 1 aliphatic rings. The normalized spacial score (nSPS) is 12.4. The van der Waals surface area contributed by atoms with Crippen LogP contribution in [0, 0.1) is 0 Å². The molecule has 0 N–H and O–H groups in total. The number of furan rings is 1. The van der Waals surface area contributed by atoms with Crippen LogP contribution >= 0.6 is 0 Å². The molecule has 200 valence electrons. The SMILES string of the molecule is c1cc2c3c(cccc3c1)-c1cnc(-n3c4ccccc4c4cc(-c5ccc6oc7ccccc7c6c5)ccc43)nc1O2. The van der Waals surface area contributed by atoms with E-state index in [1.165, 1.54) is 0 Å². The zero-order valence-corrected chi connectivity index (χ0v) is 22.8. The minimum atomic E-state index is 0.569. The van der Waals surface area contributed by atoms with Crippen molar-refractivity contribution in [3.05, 3.63) is 128 Å². The van der Waals surface area contributed by atoms with Crippen molar-refractivity contribution < 1.29 is 9.15 Å². The van der Waals surface area contributed by atoms with Crippen LogP contribution in [-0.2, 0) is 0 Å². The molecule has 0 aliphatic carbocycles. The summed E-state index contributed by atoms with van der Waals surface area (Å²) in [7, 11) is 0. The molecular formula is C38H21N3O2. The second kappa shape index (κ2) is 8.30. The van der Waals surface area contributed by atoms with Crippen molar-refractivity contribution in [3.63, 3.8) is 0 Å². The number of nitrogens with zero attached hydrogens (tertiary/aromatic N) is 3. The van der Waals surface area contributed by atoms with Gasteiger partial charge >= 0.3 is 0 Å². The zero-order valence-electron chi connectivity index (χ0n) is 22.8. The van der Waals surface area contributed by atoms with E-state index in [1.54, 1.807) is 0 Å². The van der Waals surface area contributed by atoms with E-state index in [2.05, 4.69) is 102 Å². The molecule has 0 bridgehead atoms. The predicted molar refractivity (Wildman–Crippen MR) is 172 cm³/mol. The van der Waals surface area contributed by atoms with Crippen LogP contribution in [-0.4, -0.2) is 14.5 Å². The highest BCUT2D eigenvalue weighted by Gasteiger charge is 2.23. The van der Waals surface area contributed by atoms with Gasteiger partial charge in [0, 0.05) is 38.7 Å². The maximum atomic E-state index is 6.38. The van der Waals surface area contributed by atoms with Crippen LogP contribution < -0.4 is 4.74 Å². The molecule has 0 atom stereocenters. The third-order valence-electron chi connectivity index (χ3n) is 8.69. The topological polar surface area (TPSA) is 53.1 Å². The Labute approximate surface area is 245 Å². The molecule has 0 spiro atoms. The quantitative estimate of drug-likeness (QED) is 0.214. The van der Waals surface area contributed by atoms with Crippen LogP contribution in [0.5, 0.6) is 11.6 Å². The van der Waals surface area contributed by atoms with Gasteiger partial charge in [-0.25, -0.2) is 4.98 Å². The monoisotopic (exact) mass is 551 g/mol. The molecule has 0 fully saturated rings. The Hall–Kier alpha value is -5.94. The smallest absolute Gasteiger partial charge is 0.237 e. The number of fused-ring (bicyclic) bond motifs is 8. The van der Waals surface area contributed by atoms with Gasteiger partial charge < -0.3 is 9.15 Å². The van der Waals surface area contributed by atoms with E-state index in [0.717, 1.165) is 82.5 Å². The first-order valence-electron chi connectivity index (χ1n) is 14.3. The van der Waals surface area contributed by atoms with E-state index >= 15 is 0 Å². The molecule has 0 amide bonds. The Morgan fingerprint density at radius 2 is 1.30 bits per heavy atom. The summed E-state index contributed by atoms with van der Waals surface area (Å²) >= 11 is 0. The third kappa shape index (κ3) is 3.16. The van der Waals surface area contributed by atoms with Gasteiger partial charge in [-0.15, -0.1) is 0 Å². The largest absolute Gasteiger partial charge is 0.456 e. The molecule has 6 aromatic carbocycles. The zero-order chi connectivity index (χ0) is 28.1. The first-order chi connectivity index (χ1) is 21.3. The molecule has 0 radical (unpaired) electrons. The van der Waals surface area contributed by atoms with Crippen molar-refractivity contribution >= 4 is 54.5 Å². The van der Waals surface area contributed by atoms with Crippen LogP contribution in [0.4, 0.5) is 0 Å². The summed E-state index contributed by atoms with van der Waals surface area (Å²) in [6.45, 7) is 0. The molecule has 3 aromatic heterocycles. The molecule has 0 unspecified atom stereocenters. The number of ether oxygens (including phenoxy) is 1. The summed E-state index contributed by atoms with van der Waals surface area (Å²) in [5, 5.41) is 6.77. The van der Waals surface area contributed by atoms with Crippen LogP contribution in [0.2, 0.25) is 0 Å². The van der Waals surface area contributed by atoms with E-state index in [4.69, 9.17) is 19.1 Å². The fourth-order valence-corrected chi connectivity index (χ4v) is 6.72. The van der Waals surface area contributed by atoms with Crippen LogP contribution in [0.1, 0.15) is 0 Å². The Kier molecular flexibility index (Phi) is 4.39. The summed E-state index contributed by atoms with van der Waals surface area (Å²) in [4.78, 5) is 9.89. The van der Waals surface area contributed by atoms with Crippen molar-refractivity contribution in [1.29, 1.82) is 0 Å². The summed E-state index contributed by atoms with van der Waals surface area (Å²) < 4.78 is 14.6. The van der Waals surface area contributed by atoms with Crippen molar-refractivity contribution in [3.8, 4) is 39.8 Å². The maximum absolute atomic E-state index is 6.38. The molecule has 5 nitrogen and oxygen atoms in total. The van der Waals surface area contributed by atoms with E-state index < -0.39 is 0 Å². The van der Waals surface area contributed by atoms with Gasteiger partial charge in [0.05, 0.1) is 16.6 Å². The molecule has 5 heteroatoms. The van der Waals surface area contributed by atoms with Crippen molar-refractivity contribution in [2.45, 2.75) is 0 Å². The first kappa shape index (κ1) is 22.7. The third-order valence-corrected chi connectivity index (χ3v) is 8.69. The number of hydrogen-bond acceptors (Lipinski definition) is 4. The highest BCUT2D eigenvalue weighted by atomic mass is 16.5. The fourth-order valence-electron chi connectivity index (χ4n) is 6.72. The van der Waals surface area contributed by atoms with Gasteiger partial charge in [0.1, 0.15) is 16.9 Å². The number of benzene rings is 6. The summed E-state index contributed by atoms with van der Waals surface area (Å²) in [6.07, 6.45) is 1.89. The molecule has 1 aliphatic heterocycles. The second-order valence-corrected chi connectivity index (χ2v) is 11.0. The second-order valence-electron chi connectivity index (χ2n) is 11.0.